The minimum atomic E-state index is -2.29. The van der Waals surface area contributed by atoms with Gasteiger partial charge in [-0.2, -0.15) is 0 Å². The third-order valence-electron chi connectivity index (χ3n) is 3.24. The Kier molecular flexibility index (Phi) is 9.07. The van der Waals surface area contributed by atoms with Gasteiger partial charge in [0.25, 0.3) is 9.70 Å². The molecule has 5 atom stereocenters. The Morgan fingerprint density at radius 3 is 1.96 bits per heavy atom. The molecule has 1 fully saturated rings. The molecule has 0 aromatic rings. The maximum absolute atomic E-state index is 12.0. The molecular formula is C14H17BrCl3NO8. The number of hydrogen-bond donors (Lipinski definition) is 1. The number of carbonyl (C=O) groups is 4. The molecule has 1 N–H and O–H groups in total. The van der Waals surface area contributed by atoms with Crippen molar-refractivity contribution in [2.24, 2.45) is 0 Å². The van der Waals surface area contributed by atoms with Gasteiger partial charge in [-0.3, -0.25) is 19.2 Å². The first-order valence-electron chi connectivity index (χ1n) is 7.48. The van der Waals surface area contributed by atoms with Crippen LogP contribution in [0.15, 0.2) is 0 Å². The molecule has 1 amide bonds. The third-order valence-corrected chi connectivity index (χ3v) is 4.54. The zero-order valence-corrected chi connectivity index (χ0v) is 18.2. The zero-order valence-electron chi connectivity index (χ0n) is 14.4. The van der Waals surface area contributed by atoms with E-state index in [4.69, 9.17) is 53.8 Å². The van der Waals surface area contributed by atoms with Crippen molar-refractivity contribution in [3.05, 3.63) is 0 Å². The standard InChI is InChI=1S/C14H17BrCl3NO8/c1-5(20)24-4-8-10(25-6(2)21)11(26-7(3)22)9(12(15)27-8)19-13(23)14(16,17)18/h8-12H,4H2,1-3H3,(H,19,23)/t8-,9-,10-,11-,12+/m1/s1. The maximum atomic E-state index is 12.0. The van der Waals surface area contributed by atoms with Gasteiger partial charge in [0.15, 0.2) is 12.2 Å². The van der Waals surface area contributed by atoms with E-state index in [9.17, 15) is 19.2 Å². The van der Waals surface area contributed by atoms with Gasteiger partial charge in [0.05, 0.1) is 0 Å². The number of halogens is 4. The molecule has 0 aromatic carbocycles. The molecular weight excluding hydrogens is 496 g/mol. The molecule has 27 heavy (non-hydrogen) atoms. The van der Waals surface area contributed by atoms with E-state index in [1.807, 2.05) is 0 Å². The minimum absolute atomic E-state index is 0.293. The zero-order chi connectivity index (χ0) is 20.9. The molecule has 0 aliphatic carbocycles. The summed E-state index contributed by atoms with van der Waals surface area (Å²) in [5, 5.41) is 1.42. The number of rotatable bonds is 5. The highest BCUT2D eigenvalue weighted by Gasteiger charge is 2.51. The van der Waals surface area contributed by atoms with Crippen molar-refractivity contribution in [2.45, 2.75) is 53.9 Å². The Morgan fingerprint density at radius 2 is 1.52 bits per heavy atom. The van der Waals surface area contributed by atoms with Crippen LogP contribution in [0.4, 0.5) is 0 Å². The Hall–Kier alpha value is -0.810. The van der Waals surface area contributed by atoms with E-state index >= 15 is 0 Å². The van der Waals surface area contributed by atoms with E-state index in [0.717, 1.165) is 13.8 Å². The molecule has 1 aliphatic heterocycles. The Morgan fingerprint density at radius 1 is 1.00 bits per heavy atom. The van der Waals surface area contributed by atoms with Crippen LogP contribution in [0.5, 0.6) is 0 Å². The van der Waals surface area contributed by atoms with E-state index in [2.05, 4.69) is 21.2 Å². The lowest BCUT2D eigenvalue weighted by Gasteiger charge is -2.43. The molecule has 1 saturated heterocycles. The van der Waals surface area contributed by atoms with Crippen LogP contribution in [-0.4, -0.2) is 63.6 Å². The number of amides is 1. The van der Waals surface area contributed by atoms with Gasteiger partial charge in [0.2, 0.25) is 0 Å². The lowest BCUT2D eigenvalue weighted by atomic mass is 9.97. The average molecular weight is 514 g/mol. The fraction of sp³-hybridized carbons (Fsp3) is 0.714. The fourth-order valence-electron chi connectivity index (χ4n) is 2.28. The molecule has 0 radical (unpaired) electrons. The summed E-state index contributed by atoms with van der Waals surface area (Å²) in [6, 6.07) is -1.09. The fourth-order valence-corrected chi connectivity index (χ4v) is 3.15. The van der Waals surface area contributed by atoms with E-state index in [1.54, 1.807) is 0 Å². The summed E-state index contributed by atoms with van der Waals surface area (Å²) in [5.74, 6) is -3.05. The molecule has 0 aromatic heterocycles. The molecule has 0 spiro atoms. The maximum Gasteiger partial charge on any atom is 0.303 e. The normalized spacial score (nSPS) is 28.0. The van der Waals surface area contributed by atoms with E-state index < -0.39 is 57.0 Å². The summed E-state index contributed by atoms with van der Waals surface area (Å²) in [6.07, 6.45) is -3.42. The van der Waals surface area contributed by atoms with E-state index in [1.165, 1.54) is 6.92 Å². The summed E-state index contributed by atoms with van der Waals surface area (Å²) in [6.45, 7) is 3.14. The first-order valence-corrected chi connectivity index (χ1v) is 9.53. The lowest BCUT2D eigenvalue weighted by molar-refractivity contribution is -0.211. The second-order valence-corrected chi connectivity index (χ2v) is 8.66. The first kappa shape index (κ1) is 24.2. The van der Waals surface area contributed by atoms with Gasteiger partial charge >= 0.3 is 17.9 Å². The first-order chi connectivity index (χ1) is 12.3. The average Bonchev–Trinajstić information content (AvgIpc) is 2.49. The predicted octanol–water partition coefficient (Wildman–Crippen LogP) is 1.39. The Labute approximate surface area is 178 Å². The van der Waals surface area contributed by atoms with Crippen molar-refractivity contribution in [3.8, 4) is 0 Å². The molecule has 1 heterocycles. The lowest BCUT2D eigenvalue weighted by Crippen LogP contribution is -2.65. The molecule has 0 bridgehead atoms. The molecule has 154 valence electrons. The second kappa shape index (κ2) is 10.1. The van der Waals surface area contributed by atoms with Crippen molar-refractivity contribution in [2.75, 3.05) is 6.61 Å². The SMILES string of the molecule is CC(=O)OC[C@H]1O[C@H](Br)[C@H](NC(=O)C(Cl)(Cl)Cl)[C@@H](OC(C)=O)[C@@H]1OC(C)=O. The minimum Gasteiger partial charge on any atom is -0.463 e. The smallest absolute Gasteiger partial charge is 0.303 e. The van der Waals surface area contributed by atoms with Gasteiger partial charge in [-0.1, -0.05) is 50.7 Å². The number of esters is 3. The van der Waals surface area contributed by atoms with Gasteiger partial charge in [0, 0.05) is 20.8 Å². The van der Waals surface area contributed by atoms with Gasteiger partial charge in [-0.05, 0) is 0 Å². The quantitative estimate of drug-likeness (QED) is 0.333. The highest BCUT2D eigenvalue weighted by atomic mass is 79.9. The highest BCUT2D eigenvalue weighted by molar-refractivity contribution is 9.09. The van der Waals surface area contributed by atoms with Gasteiger partial charge < -0.3 is 24.3 Å². The van der Waals surface area contributed by atoms with Crippen LogP contribution in [0.25, 0.3) is 0 Å². The summed E-state index contributed by atoms with van der Waals surface area (Å²) in [7, 11) is 0. The Balaban J connectivity index is 3.18. The summed E-state index contributed by atoms with van der Waals surface area (Å²) in [5.41, 5.74) is 0. The Bertz CT molecular complexity index is 599. The number of alkyl halides is 4. The number of ether oxygens (including phenoxy) is 4. The van der Waals surface area contributed by atoms with Crippen molar-refractivity contribution < 1.29 is 38.1 Å². The van der Waals surface area contributed by atoms with Crippen LogP contribution in [0, 0.1) is 0 Å². The number of hydrogen-bond acceptors (Lipinski definition) is 8. The van der Waals surface area contributed by atoms with Gasteiger partial charge in [-0.15, -0.1) is 0 Å². The van der Waals surface area contributed by atoms with Crippen LogP contribution in [0.2, 0.25) is 0 Å². The summed E-state index contributed by atoms with van der Waals surface area (Å²) >= 11 is 19.8. The van der Waals surface area contributed by atoms with Crippen molar-refractivity contribution in [1.29, 1.82) is 0 Å². The number of carbonyl (C=O) groups excluding carboxylic acids is 4. The predicted molar refractivity (Wildman–Crippen MR) is 97.5 cm³/mol. The molecule has 9 nitrogen and oxygen atoms in total. The van der Waals surface area contributed by atoms with Crippen LogP contribution in [0.3, 0.4) is 0 Å². The topological polar surface area (TPSA) is 117 Å². The van der Waals surface area contributed by atoms with E-state index in [0.29, 0.717) is 0 Å². The summed E-state index contributed by atoms with van der Waals surface area (Å²) in [4.78, 5) is 46.2. The van der Waals surface area contributed by atoms with Crippen molar-refractivity contribution >= 4 is 74.5 Å². The molecule has 0 unspecified atom stereocenters. The van der Waals surface area contributed by atoms with Crippen molar-refractivity contribution in [3.63, 3.8) is 0 Å². The summed E-state index contributed by atoms with van der Waals surface area (Å²) < 4.78 is 18.6. The third kappa shape index (κ3) is 7.61. The van der Waals surface area contributed by atoms with Gasteiger partial charge in [-0.25, -0.2) is 0 Å². The van der Waals surface area contributed by atoms with Gasteiger partial charge in [0.1, 0.15) is 23.8 Å². The van der Waals surface area contributed by atoms with E-state index in [-0.39, 0.29) is 6.61 Å². The van der Waals surface area contributed by atoms with Crippen molar-refractivity contribution in [1.82, 2.24) is 5.32 Å². The largest absolute Gasteiger partial charge is 0.463 e. The van der Waals surface area contributed by atoms with Crippen LogP contribution < -0.4 is 5.32 Å². The molecule has 13 heteroatoms. The number of nitrogens with one attached hydrogen (secondary N) is 1. The van der Waals surface area contributed by atoms with Crippen LogP contribution in [-0.2, 0) is 38.1 Å². The highest BCUT2D eigenvalue weighted by Crippen LogP contribution is 2.32. The molecule has 0 saturated carbocycles. The molecule has 1 rings (SSSR count). The van der Waals surface area contributed by atoms with Crippen LogP contribution >= 0.6 is 50.7 Å². The second-order valence-electron chi connectivity index (χ2n) is 5.47. The monoisotopic (exact) mass is 511 g/mol. The van der Waals surface area contributed by atoms with Crippen LogP contribution in [0.1, 0.15) is 20.8 Å². The molecule has 1 aliphatic rings.